The molecule has 4 heteroatoms. The van der Waals surface area contributed by atoms with Crippen molar-refractivity contribution in [1.82, 2.24) is 4.90 Å². The standard InChI is InChI=1S/C16H26N2OS/c1-5-6-12-9-13(20-11(12)2)15(19)18-8-7-14(17)16(3,4)10-18/h9,14H,5-8,10,17H2,1-4H3. The monoisotopic (exact) mass is 294 g/mol. The number of hydrogen-bond acceptors (Lipinski definition) is 3. The van der Waals surface area contributed by atoms with Crippen molar-refractivity contribution in [3.05, 3.63) is 21.4 Å². The second-order valence-corrected chi connectivity index (χ2v) is 7.81. The van der Waals surface area contributed by atoms with Gasteiger partial charge in [-0.1, -0.05) is 27.2 Å². The zero-order chi connectivity index (χ0) is 14.9. The predicted octanol–water partition coefficient (Wildman–Crippen LogP) is 3.21. The first-order valence-electron chi connectivity index (χ1n) is 7.49. The molecule has 0 saturated carbocycles. The van der Waals surface area contributed by atoms with Crippen molar-refractivity contribution in [2.45, 2.75) is 53.0 Å². The number of nitrogens with two attached hydrogens (primary N) is 1. The molecule has 1 aliphatic heterocycles. The second kappa shape index (κ2) is 5.86. The number of aryl methyl sites for hydroxylation is 2. The summed E-state index contributed by atoms with van der Waals surface area (Å²) in [6, 6.07) is 2.28. The molecule has 0 radical (unpaired) electrons. The van der Waals surface area contributed by atoms with E-state index in [0.29, 0.717) is 0 Å². The maximum absolute atomic E-state index is 12.7. The fourth-order valence-corrected chi connectivity index (χ4v) is 3.89. The van der Waals surface area contributed by atoms with Crippen LogP contribution in [-0.4, -0.2) is 29.9 Å². The number of rotatable bonds is 3. The molecule has 2 heterocycles. The Labute approximate surface area is 126 Å². The largest absolute Gasteiger partial charge is 0.337 e. The Morgan fingerprint density at radius 3 is 2.85 bits per heavy atom. The molecule has 2 rings (SSSR count). The highest BCUT2D eigenvalue weighted by Crippen LogP contribution is 2.30. The van der Waals surface area contributed by atoms with Crippen molar-refractivity contribution in [2.75, 3.05) is 13.1 Å². The first-order valence-corrected chi connectivity index (χ1v) is 8.31. The topological polar surface area (TPSA) is 46.3 Å². The lowest BCUT2D eigenvalue weighted by Gasteiger charge is -2.42. The number of likely N-dealkylation sites (tertiary alicyclic amines) is 1. The number of thiophene rings is 1. The van der Waals surface area contributed by atoms with Gasteiger partial charge in [-0.25, -0.2) is 0 Å². The molecule has 20 heavy (non-hydrogen) atoms. The molecule has 1 aromatic rings. The summed E-state index contributed by atoms with van der Waals surface area (Å²) in [4.78, 5) is 16.8. The third kappa shape index (κ3) is 3.07. The number of carbonyl (C=O) groups is 1. The molecule has 1 fully saturated rings. The molecule has 1 amide bonds. The summed E-state index contributed by atoms with van der Waals surface area (Å²) >= 11 is 1.63. The second-order valence-electron chi connectivity index (χ2n) is 6.55. The molecule has 2 N–H and O–H groups in total. The first-order chi connectivity index (χ1) is 9.35. The van der Waals surface area contributed by atoms with Crippen molar-refractivity contribution in [3.8, 4) is 0 Å². The molecule has 0 spiro atoms. The molecule has 1 unspecified atom stereocenters. The highest BCUT2D eigenvalue weighted by Gasteiger charge is 2.35. The lowest BCUT2D eigenvalue weighted by atomic mass is 9.79. The van der Waals surface area contributed by atoms with Crippen LogP contribution in [0.5, 0.6) is 0 Å². The van der Waals surface area contributed by atoms with E-state index < -0.39 is 0 Å². The minimum absolute atomic E-state index is 0.00641. The molecular weight excluding hydrogens is 268 g/mol. The average Bonchev–Trinajstić information content (AvgIpc) is 2.74. The van der Waals surface area contributed by atoms with Gasteiger partial charge in [-0.15, -0.1) is 11.3 Å². The summed E-state index contributed by atoms with van der Waals surface area (Å²) in [5.74, 6) is 0.181. The summed E-state index contributed by atoms with van der Waals surface area (Å²) < 4.78 is 0. The van der Waals surface area contributed by atoms with Gasteiger partial charge in [-0.2, -0.15) is 0 Å². The highest BCUT2D eigenvalue weighted by molar-refractivity contribution is 7.14. The van der Waals surface area contributed by atoms with Crippen LogP contribution in [0.2, 0.25) is 0 Å². The summed E-state index contributed by atoms with van der Waals surface area (Å²) in [5, 5.41) is 0. The lowest BCUT2D eigenvalue weighted by molar-refractivity contribution is 0.0537. The quantitative estimate of drug-likeness (QED) is 0.930. The maximum Gasteiger partial charge on any atom is 0.263 e. The molecule has 1 aromatic heterocycles. The van der Waals surface area contributed by atoms with E-state index in [9.17, 15) is 4.79 Å². The van der Waals surface area contributed by atoms with Crippen LogP contribution < -0.4 is 5.73 Å². The van der Waals surface area contributed by atoms with Crippen LogP contribution in [-0.2, 0) is 6.42 Å². The van der Waals surface area contributed by atoms with Crippen LogP contribution in [0.3, 0.4) is 0 Å². The lowest BCUT2D eigenvalue weighted by Crippen LogP contribution is -2.53. The van der Waals surface area contributed by atoms with Crippen molar-refractivity contribution in [1.29, 1.82) is 0 Å². The molecule has 3 nitrogen and oxygen atoms in total. The van der Waals surface area contributed by atoms with E-state index in [2.05, 4.69) is 33.8 Å². The predicted molar refractivity (Wildman–Crippen MR) is 85.3 cm³/mol. The summed E-state index contributed by atoms with van der Waals surface area (Å²) in [6.45, 7) is 10.1. The molecule has 112 valence electrons. The molecule has 0 aromatic carbocycles. The Morgan fingerprint density at radius 2 is 2.25 bits per heavy atom. The normalized spacial score (nSPS) is 22.1. The van der Waals surface area contributed by atoms with Crippen LogP contribution in [0.15, 0.2) is 6.07 Å². The molecule has 0 bridgehead atoms. The van der Waals surface area contributed by atoms with Gasteiger partial charge in [0.05, 0.1) is 4.88 Å². The molecular formula is C16H26N2OS. The Balaban J connectivity index is 2.13. The van der Waals surface area contributed by atoms with E-state index >= 15 is 0 Å². The van der Waals surface area contributed by atoms with E-state index in [1.54, 1.807) is 11.3 Å². The minimum atomic E-state index is 0.00641. The fraction of sp³-hybridized carbons (Fsp3) is 0.688. The van der Waals surface area contributed by atoms with Crippen LogP contribution in [0, 0.1) is 12.3 Å². The Bertz CT molecular complexity index is 493. The van der Waals surface area contributed by atoms with Gasteiger partial charge in [-0.05, 0) is 36.8 Å². The zero-order valence-electron chi connectivity index (χ0n) is 13.0. The highest BCUT2D eigenvalue weighted by atomic mass is 32.1. The number of nitrogens with zero attached hydrogens (tertiary/aromatic N) is 1. The number of carbonyl (C=O) groups excluding carboxylic acids is 1. The van der Waals surface area contributed by atoms with Gasteiger partial charge in [0.25, 0.3) is 5.91 Å². The molecule has 1 saturated heterocycles. The minimum Gasteiger partial charge on any atom is -0.337 e. The van der Waals surface area contributed by atoms with Crippen LogP contribution in [0.1, 0.15) is 53.7 Å². The molecule has 1 atom stereocenters. The number of amides is 1. The summed E-state index contributed by atoms with van der Waals surface area (Å²) in [5.41, 5.74) is 7.48. The van der Waals surface area contributed by atoms with Crippen molar-refractivity contribution < 1.29 is 4.79 Å². The van der Waals surface area contributed by atoms with Gasteiger partial charge in [0.15, 0.2) is 0 Å². The van der Waals surface area contributed by atoms with Crippen molar-refractivity contribution in [2.24, 2.45) is 11.1 Å². The van der Waals surface area contributed by atoms with Crippen LogP contribution in [0.25, 0.3) is 0 Å². The molecule has 0 aliphatic carbocycles. The first kappa shape index (κ1) is 15.5. The Hall–Kier alpha value is -0.870. The van der Waals surface area contributed by atoms with E-state index in [1.165, 1.54) is 10.4 Å². The smallest absolute Gasteiger partial charge is 0.263 e. The van der Waals surface area contributed by atoms with E-state index in [4.69, 9.17) is 5.73 Å². The third-order valence-corrected chi connectivity index (χ3v) is 5.43. The Morgan fingerprint density at radius 1 is 1.55 bits per heavy atom. The van der Waals surface area contributed by atoms with Gasteiger partial charge in [0, 0.05) is 24.0 Å². The van der Waals surface area contributed by atoms with Gasteiger partial charge in [-0.3, -0.25) is 4.79 Å². The summed E-state index contributed by atoms with van der Waals surface area (Å²) in [7, 11) is 0. The Kier molecular flexibility index (Phi) is 4.55. The molecule has 1 aliphatic rings. The van der Waals surface area contributed by atoms with Crippen molar-refractivity contribution in [3.63, 3.8) is 0 Å². The van der Waals surface area contributed by atoms with Gasteiger partial charge >= 0.3 is 0 Å². The maximum atomic E-state index is 12.7. The van der Waals surface area contributed by atoms with E-state index in [1.807, 2.05) is 4.90 Å². The van der Waals surface area contributed by atoms with Gasteiger partial charge in [0.1, 0.15) is 0 Å². The average molecular weight is 294 g/mol. The number of hydrogen-bond donors (Lipinski definition) is 1. The van der Waals surface area contributed by atoms with E-state index in [0.717, 1.165) is 37.2 Å². The number of piperidine rings is 1. The zero-order valence-corrected chi connectivity index (χ0v) is 13.8. The van der Waals surface area contributed by atoms with Gasteiger partial charge < -0.3 is 10.6 Å². The van der Waals surface area contributed by atoms with Crippen LogP contribution >= 0.6 is 11.3 Å². The van der Waals surface area contributed by atoms with E-state index in [-0.39, 0.29) is 17.4 Å². The SMILES string of the molecule is CCCc1cc(C(=O)N2CCC(N)C(C)(C)C2)sc1C. The van der Waals surface area contributed by atoms with Gasteiger partial charge in [0.2, 0.25) is 0 Å². The van der Waals surface area contributed by atoms with Crippen molar-refractivity contribution >= 4 is 17.2 Å². The third-order valence-electron chi connectivity index (χ3n) is 4.35. The fourth-order valence-electron chi connectivity index (χ4n) is 2.85. The summed E-state index contributed by atoms with van der Waals surface area (Å²) in [6.07, 6.45) is 3.08. The van der Waals surface area contributed by atoms with Crippen LogP contribution in [0.4, 0.5) is 0 Å².